The molecular weight excluding hydrogens is 485 g/mol. The van der Waals surface area contributed by atoms with Crippen LogP contribution < -0.4 is 10.6 Å². The number of nitrogens with zero attached hydrogens (tertiary/aromatic N) is 3. The van der Waals surface area contributed by atoms with Crippen molar-refractivity contribution in [3.05, 3.63) is 0 Å². The van der Waals surface area contributed by atoms with Crippen LogP contribution in [0, 0.1) is 0 Å². The van der Waals surface area contributed by atoms with E-state index in [-0.39, 0.29) is 36.1 Å². The quantitative estimate of drug-likeness (QED) is 0.326. The van der Waals surface area contributed by atoms with Gasteiger partial charge in [-0.05, 0) is 48.0 Å². The zero-order valence-electron chi connectivity index (χ0n) is 18.9. The Balaban J connectivity index is 0.00000420. The van der Waals surface area contributed by atoms with Crippen LogP contribution in [0.4, 0.5) is 4.79 Å². The molecule has 2 fully saturated rings. The average molecular weight is 525 g/mol. The second kappa shape index (κ2) is 12.1. The number of amides is 1. The Bertz CT molecular complexity index is 541. The van der Waals surface area contributed by atoms with E-state index in [1.165, 1.54) is 0 Å². The van der Waals surface area contributed by atoms with Gasteiger partial charge in [0, 0.05) is 38.3 Å². The van der Waals surface area contributed by atoms with E-state index in [0.717, 1.165) is 58.3 Å². The summed E-state index contributed by atoms with van der Waals surface area (Å²) < 4.78 is 10.9. The highest BCUT2D eigenvalue weighted by atomic mass is 127. The molecule has 0 aromatic carbocycles. The number of morpholine rings is 1. The summed E-state index contributed by atoms with van der Waals surface area (Å²) in [7, 11) is 0. The molecule has 9 heteroatoms. The molecule has 3 atom stereocenters. The molecule has 0 aliphatic carbocycles. The summed E-state index contributed by atoms with van der Waals surface area (Å²) in [6.45, 7) is 17.9. The number of nitrogens with one attached hydrogen (secondary N) is 2. The third-order valence-electron chi connectivity index (χ3n) is 5.03. The third kappa shape index (κ3) is 8.84. The lowest BCUT2D eigenvalue weighted by molar-refractivity contribution is -0.0166. The largest absolute Gasteiger partial charge is 0.444 e. The molecule has 8 nitrogen and oxygen atoms in total. The zero-order chi connectivity index (χ0) is 20.7. The summed E-state index contributed by atoms with van der Waals surface area (Å²) in [5.41, 5.74) is -0.481. The Morgan fingerprint density at radius 3 is 2.69 bits per heavy atom. The van der Waals surface area contributed by atoms with E-state index < -0.39 is 5.60 Å². The van der Waals surface area contributed by atoms with E-state index in [2.05, 4.69) is 41.2 Å². The number of guanidine groups is 1. The average Bonchev–Trinajstić information content (AvgIpc) is 3.05. The van der Waals surface area contributed by atoms with E-state index in [4.69, 9.17) is 14.5 Å². The van der Waals surface area contributed by atoms with Crippen LogP contribution in [0.5, 0.6) is 0 Å². The number of rotatable bonds is 5. The van der Waals surface area contributed by atoms with Crippen molar-refractivity contribution in [2.45, 2.75) is 71.7 Å². The van der Waals surface area contributed by atoms with Gasteiger partial charge < -0.3 is 25.0 Å². The second-order valence-electron chi connectivity index (χ2n) is 8.78. The standard InChI is InChI=1S/C20H39N5O3.HI/c1-7-21-18(22-12-15(2)25-10-11-27-14-16(25)3)24-9-8-17(13-24)23-19(26)28-20(4,5)6;/h15-17H,7-14H2,1-6H3,(H,21,22)(H,23,26);1H. The minimum absolute atomic E-state index is 0. The Morgan fingerprint density at radius 2 is 2.07 bits per heavy atom. The van der Waals surface area contributed by atoms with Crippen LogP contribution in [-0.4, -0.2) is 91.5 Å². The van der Waals surface area contributed by atoms with Gasteiger partial charge >= 0.3 is 6.09 Å². The number of aliphatic imine (C=N–C) groups is 1. The summed E-state index contributed by atoms with van der Waals surface area (Å²) in [6, 6.07) is 0.872. The van der Waals surface area contributed by atoms with Crippen molar-refractivity contribution in [1.82, 2.24) is 20.4 Å². The van der Waals surface area contributed by atoms with Gasteiger partial charge in [0.15, 0.2) is 5.96 Å². The van der Waals surface area contributed by atoms with Crippen LogP contribution in [0.15, 0.2) is 4.99 Å². The number of carbonyl (C=O) groups is 1. The van der Waals surface area contributed by atoms with Gasteiger partial charge in [-0.2, -0.15) is 0 Å². The van der Waals surface area contributed by atoms with E-state index >= 15 is 0 Å². The Kier molecular flexibility index (Phi) is 11.0. The van der Waals surface area contributed by atoms with Crippen LogP contribution in [-0.2, 0) is 9.47 Å². The van der Waals surface area contributed by atoms with Crippen molar-refractivity contribution in [2.24, 2.45) is 4.99 Å². The monoisotopic (exact) mass is 525 g/mol. The van der Waals surface area contributed by atoms with Gasteiger partial charge in [-0.3, -0.25) is 9.89 Å². The molecule has 0 saturated carbocycles. The molecule has 170 valence electrons. The molecule has 0 bridgehead atoms. The van der Waals surface area contributed by atoms with Crippen LogP contribution in [0.25, 0.3) is 0 Å². The summed E-state index contributed by atoms with van der Waals surface area (Å²) in [5.74, 6) is 0.920. The van der Waals surface area contributed by atoms with Gasteiger partial charge in [0.1, 0.15) is 5.60 Å². The lowest BCUT2D eigenvalue weighted by Gasteiger charge is -2.37. The topological polar surface area (TPSA) is 78.4 Å². The van der Waals surface area contributed by atoms with Crippen molar-refractivity contribution in [2.75, 3.05) is 45.9 Å². The smallest absolute Gasteiger partial charge is 0.407 e. The molecule has 1 amide bonds. The summed E-state index contributed by atoms with van der Waals surface area (Å²) >= 11 is 0. The number of likely N-dealkylation sites (tertiary alicyclic amines) is 1. The first-order valence-electron chi connectivity index (χ1n) is 10.6. The lowest BCUT2D eigenvalue weighted by atomic mass is 10.2. The highest BCUT2D eigenvalue weighted by molar-refractivity contribution is 14.0. The molecule has 2 heterocycles. The molecule has 0 aromatic heterocycles. The minimum Gasteiger partial charge on any atom is -0.444 e. The number of carbonyl (C=O) groups excluding carboxylic acids is 1. The van der Waals surface area contributed by atoms with Crippen molar-refractivity contribution >= 4 is 36.0 Å². The molecule has 29 heavy (non-hydrogen) atoms. The van der Waals surface area contributed by atoms with Gasteiger partial charge in [-0.1, -0.05) is 0 Å². The van der Waals surface area contributed by atoms with Crippen LogP contribution in [0.3, 0.4) is 0 Å². The third-order valence-corrected chi connectivity index (χ3v) is 5.03. The number of ether oxygens (including phenoxy) is 2. The van der Waals surface area contributed by atoms with Crippen molar-refractivity contribution in [3.8, 4) is 0 Å². The van der Waals surface area contributed by atoms with Gasteiger partial charge in [0.05, 0.1) is 25.8 Å². The summed E-state index contributed by atoms with van der Waals surface area (Å²) in [6.07, 6.45) is 0.538. The fraction of sp³-hybridized carbons (Fsp3) is 0.900. The first-order chi connectivity index (χ1) is 13.2. The molecule has 2 aliphatic heterocycles. The fourth-order valence-electron chi connectivity index (χ4n) is 3.69. The lowest BCUT2D eigenvalue weighted by Crippen LogP contribution is -2.50. The number of alkyl carbamates (subject to hydrolysis) is 1. The van der Waals surface area contributed by atoms with Gasteiger partial charge in [-0.15, -0.1) is 24.0 Å². The molecule has 2 saturated heterocycles. The van der Waals surface area contributed by atoms with Gasteiger partial charge in [0.25, 0.3) is 0 Å². The molecule has 0 radical (unpaired) electrons. The van der Waals surface area contributed by atoms with Crippen molar-refractivity contribution in [1.29, 1.82) is 0 Å². The number of hydrogen-bond acceptors (Lipinski definition) is 5. The maximum atomic E-state index is 12.0. The van der Waals surface area contributed by atoms with Crippen LogP contribution >= 0.6 is 24.0 Å². The van der Waals surface area contributed by atoms with Gasteiger partial charge in [-0.25, -0.2) is 4.79 Å². The molecular formula is C20H40IN5O3. The van der Waals surface area contributed by atoms with E-state index in [0.29, 0.717) is 12.1 Å². The van der Waals surface area contributed by atoms with E-state index in [9.17, 15) is 4.79 Å². The number of halogens is 1. The van der Waals surface area contributed by atoms with E-state index in [1.54, 1.807) is 0 Å². The Hall–Kier alpha value is -0.810. The van der Waals surface area contributed by atoms with Crippen LogP contribution in [0.2, 0.25) is 0 Å². The first-order valence-corrected chi connectivity index (χ1v) is 10.6. The SMILES string of the molecule is CCNC(=NCC(C)N1CCOCC1C)N1CCC(NC(=O)OC(C)(C)C)C1.I. The van der Waals surface area contributed by atoms with E-state index in [1.807, 2.05) is 20.8 Å². The predicted molar refractivity (Wildman–Crippen MR) is 127 cm³/mol. The Labute approximate surface area is 193 Å². The Morgan fingerprint density at radius 1 is 1.34 bits per heavy atom. The fourth-order valence-corrected chi connectivity index (χ4v) is 3.69. The van der Waals surface area contributed by atoms with Crippen molar-refractivity contribution < 1.29 is 14.3 Å². The second-order valence-corrected chi connectivity index (χ2v) is 8.78. The molecule has 2 N–H and O–H groups in total. The number of hydrogen-bond donors (Lipinski definition) is 2. The maximum absolute atomic E-state index is 12.0. The molecule has 2 aliphatic rings. The first kappa shape index (κ1) is 26.2. The maximum Gasteiger partial charge on any atom is 0.407 e. The van der Waals surface area contributed by atoms with Crippen molar-refractivity contribution in [3.63, 3.8) is 0 Å². The zero-order valence-corrected chi connectivity index (χ0v) is 21.2. The highest BCUT2D eigenvalue weighted by Gasteiger charge is 2.28. The molecule has 3 unspecified atom stereocenters. The molecule has 2 rings (SSSR count). The molecule has 0 aromatic rings. The summed E-state index contributed by atoms with van der Waals surface area (Å²) in [5, 5.41) is 6.37. The highest BCUT2D eigenvalue weighted by Crippen LogP contribution is 2.14. The van der Waals surface area contributed by atoms with Gasteiger partial charge in [0.2, 0.25) is 0 Å². The van der Waals surface area contributed by atoms with Crippen LogP contribution in [0.1, 0.15) is 48.0 Å². The minimum atomic E-state index is -0.481. The predicted octanol–water partition coefficient (Wildman–Crippen LogP) is 2.28. The summed E-state index contributed by atoms with van der Waals surface area (Å²) in [4.78, 5) is 21.6. The normalized spacial score (nSPS) is 24.6. The molecule has 0 spiro atoms.